The summed E-state index contributed by atoms with van der Waals surface area (Å²) in [4.78, 5) is 13.7. The van der Waals surface area contributed by atoms with E-state index >= 15 is 0 Å². The molecule has 12 nitrogen and oxygen atoms in total. The standard InChI is InChI=1S/C28H37N7O5/c1-33-5-3-21(4-6-33)35-14-24(12-31-35)40-27-26(29)30-13-25(32-27)19-9-20(28(36)17-39-18-28)11-22(10-19)34-7-8-38-16-23(34)15-37-2/h9-14,21,23,36H,3-8,15-18H2,1-2H3,(H2,29,30)/t23-/m1/s1. The van der Waals surface area contributed by atoms with Gasteiger partial charge in [-0.2, -0.15) is 5.10 Å². The number of piperidine rings is 1. The van der Waals surface area contributed by atoms with E-state index in [1.165, 1.54) is 0 Å². The average molecular weight is 552 g/mol. The number of hydrogen-bond donors (Lipinski definition) is 2. The summed E-state index contributed by atoms with van der Waals surface area (Å²) in [5.41, 5.74) is 8.19. The second-order valence-electron chi connectivity index (χ2n) is 10.9. The first-order valence-electron chi connectivity index (χ1n) is 13.7. The number of morpholine rings is 1. The second-order valence-corrected chi connectivity index (χ2v) is 10.9. The lowest BCUT2D eigenvalue weighted by atomic mass is 9.89. The number of likely N-dealkylation sites (tertiary alicyclic amines) is 1. The van der Waals surface area contributed by atoms with Gasteiger partial charge in [0.15, 0.2) is 11.6 Å². The van der Waals surface area contributed by atoms with Crippen LogP contribution in [0.5, 0.6) is 11.6 Å². The molecule has 0 unspecified atom stereocenters. The number of methoxy groups -OCH3 is 1. The molecule has 0 saturated carbocycles. The Balaban J connectivity index is 1.30. The number of hydrogen-bond acceptors (Lipinski definition) is 11. The Morgan fingerprint density at radius 2 is 1.95 bits per heavy atom. The van der Waals surface area contributed by atoms with Gasteiger partial charge in [0.05, 0.1) is 69.4 Å². The van der Waals surface area contributed by atoms with Gasteiger partial charge in [0.1, 0.15) is 5.60 Å². The molecule has 12 heteroatoms. The highest BCUT2D eigenvalue weighted by Crippen LogP contribution is 2.37. The van der Waals surface area contributed by atoms with E-state index in [9.17, 15) is 5.11 Å². The summed E-state index contributed by atoms with van der Waals surface area (Å²) in [5.74, 6) is 0.955. The third kappa shape index (κ3) is 5.50. The van der Waals surface area contributed by atoms with Crippen molar-refractivity contribution in [2.45, 2.75) is 30.5 Å². The zero-order valence-electron chi connectivity index (χ0n) is 23.0. The highest BCUT2D eigenvalue weighted by atomic mass is 16.5. The van der Waals surface area contributed by atoms with Gasteiger partial charge in [0, 0.05) is 24.9 Å². The van der Waals surface area contributed by atoms with Crippen molar-refractivity contribution in [2.24, 2.45) is 0 Å². The van der Waals surface area contributed by atoms with Crippen LogP contribution in [-0.4, -0.2) is 103 Å². The van der Waals surface area contributed by atoms with Gasteiger partial charge in [-0.1, -0.05) is 0 Å². The van der Waals surface area contributed by atoms with Gasteiger partial charge < -0.3 is 39.6 Å². The molecular formula is C28H37N7O5. The van der Waals surface area contributed by atoms with Crippen LogP contribution < -0.4 is 15.4 Å². The van der Waals surface area contributed by atoms with Gasteiger partial charge in [-0.25, -0.2) is 9.97 Å². The number of rotatable bonds is 8. The first-order valence-corrected chi connectivity index (χ1v) is 13.7. The summed E-state index contributed by atoms with van der Waals surface area (Å²) in [5, 5.41) is 15.7. The lowest BCUT2D eigenvalue weighted by Crippen LogP contribution is -2.49. The highest BCUT2D eigenvalue weighted by molar-refractivity contribution is 5.69. The van der Waals surface area contributed by atoms with E-state index in [1.54, 1.807) is 19.5 Å². The molecule has 0 spiro atoms. The molecule has 3 aromatic rings. The van der Waals surface area contributed by atoms with Crippen molar-refractivity contribution in [3.8, 4) is 22.9 Å². The van der Waals surface area contributed by atoms with Crippen LogP contribution in [0.4, 0.5) is 11.5 Å². The number of anilines is 2. The lowest BCUT2D eigenvalue weighted by molar-refractivity contribution is -0.184. The molecule has 3 aliphatic heterocycles. The Morgan fingerprint density at radius 1 is 1.12 bits per heavy atom. The molecule has 0 amide bonds. The van der Waals surface area contributed by atoms with Crippen LogP contribution in [0, 0.1) is 0 Å². The maximum atomic E-state index is 11.2. The van der Waals surface area contributed by atoms with Crippen LogP contribution in [0.2, 0.25) is 0 Å². The second kappa shape index (κ2) is 11.3. The van der Waals surface area contributed by atoms with E-state index in [2.05, 4.69) is 26.9 Å². The predicted molar refractivity (Wildman–Crippen MR) is 148 cm³/mol. The van der Waals surface area contributed by atoms with E-state index in [1.807, 2.05) is 29.1 Å². The predicted octanol–water partition coefficient (Wildman–Crippen LogP) is 2.05. The fourth-order valence-corrected chi connectivity index (χ4v) is 5.52. The Bertz CT molecular complexity index is 1320. The van der Waals surface area contributed by atoms with E-state index < -0.39 is 5.60 Å². The quantitative estimate of drug-likeness (QED) is 0.426. The Hall–Kier alpha value is -3.29. The van der Waals surface area contributed by atoms with Crippen LogP contribution in [0.1, 0.15) is 24.4 Å². The number of aliphatic hydroxyl groups is 1. The first kappa shape index (κ1) is 26.9. The van der Waals surface area contributed by atoms with Gasteiger partial charge in [0.25, 0.3) is 5.88 Å². The monoisotopic (exact) mass is 551 g/mol. The molecule has 3 N–H and O–H groups in total. The van der Waals surface area contributed by atoms with E-state index in [4.69, 9.17) is 29.7 Å². The zero-order valence-corrected chi connectivity index (χ0v) is 23.0. The van der Waals surface area contributed by atoms with Gasteiger partial charge >= 0.3 is 0 Å². The fourth-order valence-electron chi connectivity index (χ4n) is 5.52. The normalized spacial score (nSPS) is 21.8. The molecule has 6 rings (SSSR count). The summed E-state index contributed by atoms with van der Waals surface area (Å²) < 4.78 is 24.6. The van der Waals surface area contributed by atoms with Crippen LogP contribution >= 0.6 is 0 Å². The van der Waals surface area contributed by atoms with Gasteiger partial charge in [-0.3, -0.25) is 4.68 Å². The molecule has 0 radical (unpaired) electrons. The van der Waals surface area contributed by atoms with Crippen LogP contribution in [0.3, 0.4) is 0 Å². The minimum atomic E-state index is -1.06. The number of benzene rings is 1. The highest BCUT2D eigenvalue weighted by Gasteiger charge is 2.39. The molecule has 5 heterocycles. The van der Waals surface area contributed by atoms with E-state index in [0.717, 1.165) is 42.7 Å². The van der Waals surface area contributed by atoms with Crippen molar-refractivity contribution in [3.63, 3.8) is 0 Å². The van der Waals surface area contributed by atoms with Crippen LogP contribution in [0.25, 0.3) is 11.3 Å². The van der Waals surface area contributed by atoms with Gasteiger partial charge in [-0.05, 0) is 56.7 Å². The number of nitrogens with two attached hydrogens (primary N) is 1. The molecule has 0 bridgehead atoms. The Morgan fingerprint density at radius 3 is 2.70 bits per heavy atom. The molecule has 3 saturated heterocycles. The summed E-state index contributed by atoms with van der Waals surface area (Å²) in [6, 6.07) is 6.38. The molecule has 3 fully saturated rings. The maximum Gasteiger partial charge on any atom is 0.263 e. The number of nitrogens with zero attached hydrogens (tertiary/aromatic N) is 6. The fraction of sp³-hybridized carbons (Fsp3) is 0.536. The molecule has 214 valence electrons. The zero-order chi connectivity index (χ0) is 27.7. The molecule has 3 aliphatic rings. The topological polar surface area (TPSA) is 133 Å². The molecule has 1 atom stereocenters. The molecule has 1 aromatic carbocycles. The SMILES string of the molecule is COC[C@@H]1COCCN1c1cc(-c2cnc(N)c(Oc3cnn(C4CCN(C)CC4)c3)n2)cc(C2(O)COC2)c1. The van der Waals surface area contributed by atoms with Crippen molar-refractivity contribution < 1.29 is 24.1 Å². The molecule has 2 aromatic heterocycles. The van der Waals surface area contributed by atoms with Crippen molar-refractivity contribution in [3.05, 3.63) is 42.4 Å². The van der Waals surface area contributed by atoms with E-state index in [0.29, 0.717) is 43.9 Å². The first-order chi connectivity index (χ1) is 19.4. The van der Waals surface area contributed by atoms with Crippen LogP contribution in [0.15, 0.2) is 36.8 Å². The van der Waals surface area contributed by atoms with Crippen molar-refractivity contribution in [2.75, 3.05) is 77.5 Å². The largest absolute Gasteiger partial charge is 0.433 e. The van der Waals surface area contributed by atoms with Gasteiger partial charge in [-0.15, -0.1) is 0 Å². The number of ether oxygens (including phenoxy) is 4. The Labute approximate surface area is 233 Å². The van der Waals surface area contributed by atoms with Crippen molar-refractivity contribution in [1.29, 1.82) is 0 Å². The lowest BCUT2D eigenvalue weighted by Gasteiger charge is -2.40. The summed E-state index contributed by atoms with van der Waals surface area (Å²) in [6.07, 6.45) is 7.29. The smallest absolute Gasteiger partial charge is 0.263 e. The minimum Gasteiger partial charge on any atom is -0.433 e. The Kier molecular flexibility index (Phi) is 7.60. The summed E-state index contributed by atoms with van der Waals surface area (Å²) in [7, 11) is 3.83. The minimum absolute atomic E-state index is 0.0478. The van der Waals surface area contributed by atoms with Crippen molar-refractivity contribution in [1.82, 2.24) is 24.6 Å². The molecular weight excluding hydrogens is 514 g/mol. The third-order valence-corrected chi connectivity index (χ3v) is 7.97. The number of aromatic nitrogens is 4. The van der Waals surface area contributed by atoms with E-state index in [-0.39, 0.29) is 31.0 Å². The molecule has 0 aliphatic carbocycles. The summed E-state index contributed by atoms with van der Waals surface area (Å²) >= 11 is 0. The molecule has 40 heavy (non-hydrogen) atoms. The average Bonchev–Trinajstić information content (AvgIpc) is 3.42. The number of nitrogen functional groups attached to an aromatic ring is 1. The van der Waals surface area contributed by atoms with Crippen molar-refractivity contribution >= 4 is 11.5 Å². The third-order valence-electron chi connectivity index (χ3n) is 7.97. The summed E-state index contributed by atoms with van der Waals surface area (Å²) in [6.45, 7) is 4.96. The maximum absolute atomic E-state index is 11.2. The van der Waals surface area contributed by atoms with Crippen LogP contribution in [-0.2, 0) is 19.8 Å². The van der Waals surface area contributed by atoms with Gasteiger partial charge in [0.2, 0.25) is 0 Å².